The van der Waals surface area contributed by atoms with Crippen molar-refractivity contribution in [2.24, 2.45) is 7.05 Å². The van der Waals surface area contributed by atoms with E-state index >= 15 is 0 Å². The zero-order valence-electron chi connectivity index (χ0n) is 14.5. The number of hydrogen-bond donors (Lipinski definition) is 2. The molecular formula is C18H19N3O4. The number of benzene rings is 1. The molecule has 7 nitrogen and oxygen atoms in total. The number of methoxy groups -OCH3 is 1. The fourth-order valence-corrected chi connectivity index (χ4v) is 3.41. The molecule has 0 spiro atoms. The van der Waals surface area contributed by atoms with E-state index in [0.29, 0.717) is 22.5 Å². The molecule has 2 aromatic rings. The van der Waals surface area contributed by atoms with Crippen LogP contribution in [-0.2, 0) is 16.6 Å². The van der Waals surface area contributed by atoms with E-state index in [1.165, 1.54) is 7.11 Å². The molecule has 1 unspecified atom stereocenters. The average molecular weight is 341 g/mol. The van der Waals surface area contributed by atoms with Crippen LogP contribution in [0.3, 0.4) is 0 Å². The van der Waals surface area contributed by atoms with Crippen molar-refractivity contribution in [1.82, 2.24) is 9.78 Å². The summed E-state index contributed by atoms with van der Waals surface area (Å²) in [5, 5.41) is 17.3. The highest BCUT2D eigenvalue weighted by Crippen LogP contribution is 2.44. The number of aliphatic carboxylic acids is 1. The van der Waals surface area contributed by atoms with E-state index in [-0.39, 0.29) is 5.57 Å². The molecule has 0 radical (unpaired) electrons. The van der Waals surface area contributed by atoms with Gasteiger partial charge in [0.1, 0.15) is 5.82 Å². The summed E-state index contributed by atoms with van der Waals surface area (Å²) in [5.41, 5.74) is 3.11. The van der Waals surface area contributed by atoms with Crippen LogP contribution in [0.25, 0.3) is 0 Å². The van der Waals surface area contributed by atoms with Gasteiger partial charge in [-0.05, 0) is 25.5 Å². The third-order valence-corrected chi connectivity index (χ3v) is 4.46. The van der Waals surface area contributed by atoms with Crippen LogP contribution in [0.15, 0.2) is 35.5 Å². The molecule has 3 rings (SSSR count). The number of anilines is 1. The zero-order valence-corrected chi connectivity index (χ0v) is 14.5. The van der Waals surface area contributed by atoms with Gasteiger partial charge in [0, 0.05) is 24.2 Å². The maximum absolute atomic E-state index is 12.2. The Labute approximate surface area is 144 Å². The maximum Gasteiger partial charge on any atom is 0.338 e. The first-order valence-corrected chi connectivity index (χ1v) is 7.78. The summed E-state index contributed by atoms with van der Waals surface area (Å²) in [5.74, 6) is -1.43. The zero-order chi connectivity index (χ0) is 18.3. The van der Waals surface area contributed by atoms with Gasteiger partial charge >= 0.3 is 11.9 Å². The number of carboxylic acids is 1. The second-order valence-corrected chi connectivity index (χ2v) is 5.95. The van der Waals surface area contributed by atoms with Crippen molar-refractivity contribution >= 4 is 17.8 Å². The van der Waals surface area contributed by atoms with Gasteiger partial charge in [-0.15, -0.1) is 0 Å². The number of hydrogen-bond acceptors (Lipinski definition) is 5. The smallest absolute Gasteiger partial charge is 0.338 e. The van der Waals surface area contributed by atoms with E-state index in [9.17, 15) is 14.7 Å². The number of esters is 1. The lowest BCUT2D eigenvalue weighted by molar-refractivity contribution is -0.133. The summed E-state index contributed by atoms with van der Waals surface area (Å²) in [6.45, 7) is 3.54. The van der Waals surface area contributed by atoms with Crippen molar-refractivity contribution < 1.29 is 19.4 Å². The number of carbonyl (C=O) groups is 2. The summed E-state index contributed by atoms with van der Waals surface area (Å²) in [6.07, 6.45) is 0. The minimum absolute atomic E-state index is 0.194. The summed E-state index contributed by atoms with van der Waals surface area (Å²) < 4.78 is 6.56. The van der Waals surface area contributed by atoms with Gasteiger partial charge in [-0.3, -0.25) is 4.68 Å². The van der Waals surface area contributed by atoms with Gasteiger partial charge in [0.15, 0.2) is 0 Å². The standard InChI is InChI=1S/C18H19N3O4/c1-9-14(17(22)23)15(13-10(2)20-21(3)16(13)19-9)11-7-5-6-8-12(11)18(24)25-4/h5-8,15,19H,1-4H3,(H,22,23). The highest BCUT2D eigenvalue weighted by Gasteiger charge is 2.37. The van der Waals surface area contributed by atoms with Gasteiger partial charge in [0.25, 0.3) is 0 Å². The lowest BCUT2D eigenvalue weighted by Crippen LogP contribution is -2.25. The number of fused-ring (bicyclic) bond motifs is 1. The molecule has 0 saturated heterocycles. The fourth-order valence-electron chi connectivity index (χ4n) is 3.41. The number of aromatic nitrogens is 2. The van der Waals surface area contributed by atoms with Crippen molar-refractivity contribution in [1.29, 1.82) is 0 Å². The normalized spacial score (nSPS) is 16.2. The van der Waals surface area contributed by atoms with Crippen molar-refractivity contribution in [3.05, 3.63) is 57.9 Å². The Morgan fingerprint density at radius 2 is 1.96 bits per heavy atom. The molecule has 0 aliphatic carbocycles. The minimum Gasteiger partial charge on any atom is -0.478 e. The SMILES string of the molecule is COC(=O)c1ccccc1C1C(C(=O)O)=C(C)Nc2c1c(C)nn2C. The minimum atomic E-state index is -1.04. The number of aryl methyl sites for hydroxylation is 2. The Morgan fingerprint density at radius 1 is 1.28 bits per heavy atom. The number of carboxylic acid groups (broad SMARTS) is 1. The summed E-state index contributed by atoms with van der Waals surface area (Å²) in [6, 6.07) is 6.91. The summed E-state index contributed by atoms with van der Waals surface area (Å²) in [7, 11) is 3.10. The lowest BCUT2D eigenvalue weighted by atomic mass is 9.79. The lowest BCUT2D eigenvalue weighted by Gasteiger charge is -2.28. The Morgan fingerprint density at radius 3 is 2.60 bits per heavy atom. The van der Waals surface area contributed by atoms with E-state index in [1.54, 1.807) is 42.9 Å². The largest absolute Gasteiger partial charge is 0.478 e. The molecule has 25 heavy (non-hydrogen) atoms. The number of carbonyl (C=O) groups excluding carboxylic acids is 1. The van der Waals surface area contributed by atoms with E-state index < -0.39 is 17.9 Å². The van der Waals surface area contributed by atoms with Crippen LogP contribution in [0.4, 0.5) is 5.82 Å². The third-order valence-electron chi connectivity index (χ3n) is 4.46. The molecule has 0 amide bonds. The fraction of sp³-hybridized carbons (Fsp3) is 0.278. The predicted octanol–water partition coefficient (Wildman–Crippen LogP) is 2.43. The van der Waals surface area contributed by atoms with Gasteiger partial charge in [-0.2, -0.15) is 5.10 Å². The van der Waals surface area contributed by atoms with Crippen LogP contribution in [-0.4, -0.2) is 33.9 Å². The van der Waals surface area contributed by atoms with E-state index in [4.69, 9.17) is 4.74 Å². The molecule has 2 heterocycles. The first-order valence-electron chi connectivity index (χ1n) is 7.78. The van der Waals surface area contributed by atoms with Crippen molar-refractivity contribution in [3.8, 4) is 0 Å². The van der Waals surface area contributed by atoms with Gasteiger partial charge in [-0.25, -0.2) is 9.59 Å². The molecular weight excluding hydrogens is 322 g/mol. The molecule has 1 aromatic heterocycles. The number of allylic oxidation sites excluding steroid dienone is 1. The predicted molar refractivity (Wildman–Crippen MR) is 91.5 cm³/mol. The second kappa shape index (κ2) is 6.08. The van der Waals surface area contributed by atoms with Crippen molar-refractivity contribution in [2.45, 2.75) is 19.8 Å². The van der Waals surface area contributed by atoms with E-state index in [2.05, 4.69) is 10.4 Å². The number of rotatable bonds is 3. The molecule has 0 fully saturated rings. The Kier molecular flexibility index (Phi) is 4.08. The van der Waals surface area contributed by atoms with Crippen LogP contribution in [0.1, 0.15) is 40.0 Å². The van der Waals surface area contributed by atoms with Crippen LogP contribution < -0.4 is 5.32 Å². The molecule has 0 bridgehead atoms. The Bertz CT molecular complexity index is 911. The summed E-state index contributed by atoms with van der Waals surface area (Å²) >= 11 is 0. The molecule has 7 heteroatoms. The number of ether oxygens (including phenoxy) is 1. The first kappa shape index (κ1) is 16.8. The first-order chi connectivity index (χ1) is 11.9. The monoisotopic (exact) mass is 341 g/mol. The van der Waals surface area contributed by atoms with Gasteiger partial charge in [-0.1, -0.05) is 18.2 Å². The maximum atomic E-state index is 12.2. The average Bonchev–Trinajstić information content (AvgIpc) is 2.86. The highest BCUT2D eigenvalue weighted by molar-refractivity contribution is 5.96. The molecule has 0 saturated carbocycles. The van der Waals surface area contributed by atoms with E-state index in [0.717, 1.165) is 11.4 Å². The summed E-state index contributed by atoms with van der Waals surface area (Å²) in [4.78, 5) is 24.2. The van der Waals surface area contributed by atoms with Crippen molar-refractivity contribution in [3.63, 3.8) is 0 Å². The Balaban J connectivity index is 2.33. The highest BCUT2D eigenvalue weighted by atomic mass is 16.5. The Hall–Kier alpha value is -3.09. The third kappa shape index (κ3) is 2.57. The second-order valence-electron chi connectivity index (χ2n) is 5.95. The molecule has 2 N–H and O–H groups in total. The van der Waals surface area contributed by atoms with Crippen LogP contribution in [0.2, 0.25) is 0 Å². The topological polar surface area (TPSA) is 93.5 Å². The van der Waals surface area contributed by atoms with Crippen LogP contribution in [0.5, 0.6) is 0 Å². The van der Waals surface area contributed by atoms with Gasteiger partial charge in [0.05, 0.1) is 23.9 Å². The van der Waals surface area contributed by atoms with Gasteiger partial charge < -0.3 is 15.2 Å². The van der Waals surface area contributed by atoms with Crippen LogP contribution >= 0.6 is 0 Å². The quantitative estimate of drug-likeness (QED) is 0.833. The number of nitrogens with one attached hydrogen (secondary N) is 1. The number of nitrogens with zero attached hydrogens (tertiary/aromatic N) is 2. The van der Waals surface area contributed by atoms with Crippen LogP contribution in [0, 0.1) is 6.92 Å². The molecule has 1 aliphatic rings. The van der Waals surface area contributed by atoms with Crippen molar-refractivity contribution in [2.75, 3.05) is 12.4 Å². The molecule has 130 valence electrons. The molecule has 1 aliphatic heterocycles. The molecule has 1 atom stereocenters. The molecule has 1 aromatic carbocycles. The van der Waals surface area contributed by atoms with E-state index in [1.807, 2.05) is 6.92 Å². The van der Waals surface area contributed by atoms with Gasteiger partial charge in [0.2, 0.25) is 0 Å².